The molecule has 0 atom stereocenters. The van der Waals surface area contributed by atoms with Crippen LogP contribution in [0.2, 0.25) is 5.02 Å². The topological polar surface area (TPSA) is 96.9 Å². The molecule has 0 saturated carbocycles. The van der Waals surface area contributed by atoms with E-state index in [4.69, 9.17) is 16.3 Å². The zero-order chi connectivity index (χ0) is 21.3. The van der Waals surface area contributed by atoms with E-state index in [1.807, 2.05) is 0 Å². The Bertz CT molecular complexity index is 1080. The molecular weight excluding hydrogens is 406 g/mol. The number of esters is 1. The van der Waals surface area contributed by atoms with Crippen LogP contribution in [0.5, 0.6) is 5.75 Å². The number of hydrazone groups is 1. The summed E-state index contributed by atoms with van der Waals surface area (Å²) in [6.45, 7) is 0. The molecule has 150 valence electrons. The summed E-state index contributed by atoms with van der Waals surface area (Å²) in [5.74, 6) is -1.98. The lowest BCUT2D eigenvalue weighted by molar-refractivity contribution is -0.136. The molecule has 3 aromatic rings. The summed E-state index contributed by atoms with van der Waals surface area (Å²) in [6, 6.07) is 21.6. The fraction of sp³-hybridized carbons (Fsp3) is 0. The molecule has 30 heavy (non-hydrogen) atoms. The van der Waals surface area contributed by atoms with Crippen molar-refractivity contribution >= 4 is 41.3 Å². The monoisotopic (exact) mass is 421 g/mol. The lowest BCUT2D eigenvalue weighted by Crippen LogP contribution is -2.32. The number of amides is 2. The fourth-order valence-corrected chi connectivity index (χ4v) is 2.55. The van der Waals surface area contributed by atoms with Gasteiger partial charge in [0, 0.05) is 5.69 Å². The van der Waals surface area contributed by atoms with Crippen LogP contribution in [0.1, 0.15) is 15.9 Å². The van der Waals surface area contributed by atoms with Gasteiger partial charge in [0.15, 0.2) is 0 Å². The number of nitrogens with one attached hydrogen (secondary N) is 2. The zero-order valence-corrected chi connectivity index (χ0v) is 16.3. The Morgan fingerprint density at radius 2 is 1.50 bits per heavy atom. The second-order valence-electron chi connectivity index (χ2n) is 5.96. The molecule has 7 nitrogen and oxygen atoms in total. The summed E-state index contributed by atoms with van der Waals surface area (Å²) in [7, 11) is 0. The van der Waals surface area contributed by atoms with Crippen molar-refractivity contribution in [3.05, 3.63) is 95.0 Å². The standard InChI is InChI=1S/C22H16ClN3O4/c23-19-9-5-4-8-18(19)22(29)30-17-12-10-15(11-13-17)14-24-26-21(28)20(27)25-16-6-2-1-3-7-16/h1-14H,(H,25,27)(H,26,28)/b24-14+. The molecule has 0 saturated heterocycles. The highest BCUT2D eigenvalue weighted by molar-refractivity contribution is 6.39. The number of para-hydroxylation sites is 1. The molecule has 0 radical (unpaired) electrons. The summed E-state index contributed by atoms with van der Waals surface area (Å²) in [5.41, 5.74) is 3.53. The summed E-state index contributed by atoms with van der Waals surface area (Å²) < 4.78 is 5.28. The third-order valence-corrected chi connectivity index (χ3v) is 4.13. The quantitative estimate of drug-likeness (QED) is 0.216. The van der Waals surface area contributed by atoms with Crippen LogP contribution in [0.15, 0.2) is 84.0 Å². The first kappa shape index (κ1) is 20.8. The van der Waals surface area contributed by atoms with Gasteiger partial charge in [0.05, 0.1) is 16.8 Å². The van der Waals surface area contributed by atoms with E-state index >= 15 is 0 Å². The van der Waals surface area contributed by atoms with Crippen molar-refractivity contribution in [1.29, 1.82) is 0 Å². The Morgan fingerprint density at radius 1 is 0.833 bits per heavy atom. The van der Waals surface area contributed by atoms with Crippen molar-refractivity contribution in [3.63, 3.8) is 0 Å². The Balaban J connectivity index is 1.52. The summed E-state index contributed by atoms with van der Waals surface area (Å²) in [5, 5.41) is 6.50. The number of rotatable bonds is 5. The molecule has 2 N–H and O–H groups in total. The van der Waals surface area contributed by atoms with Crippen LogP contribution < -0.4 is 15.5 Å². The van der Waals surface area contributed by atoms with Crippen molar-refractivity contribution in [2.75, 3.05) is 5.32 Å². The molecule has 3 aromatic carbocycles. The summed E-state index contributed by atoms with van der Waals surface area (Å²) >= 11 is 5.98. The molecule has 0 aliphatic heterocycles. The Kier molecular flexibility index (Phi) is 6.91. The zero-order valence-electron chi connectivity index (χ0n) is 15.5. The van der Waals surface area contributed by atoms with Gasteiger partial charge in [-0.2, -0.15) is 5.10 Å². The predicted octanol–water partition coefficient (Wildman–Crippen LogP) is 3.65. The Morgan fingerprint density at radius 3 is 2.20 bits per heavy atom. The lowest BCUT2D eigenvalue weighted by Gasteiger charge is -2.06. The van der Waals surface area contributed by atoms with Crippen LogP contribution in [0.4, 0.5) is 5.69 Å². The number of ether oxygens (including phenoxy) is 1. The van der Waals surface area contributed by atoms with Crippen molar-refractivity contribution < 1.29 is 19.1 Å². The molecule has 0 aromatic heterocycles. The molecule has 3 rings (SSSR count). The summed E-state index contributed by atoms with van der Waals surface area (Å²) in [4.78, 5) is 35.7. The van der Waals surface area contributed by atoms with Gasteiger partial charge in [0.1, 0.15) is 5.75 Å². The smallest absolute Gasteiger partial charge is 0.345 e. The van der Waals surface area contributed by atoms with E-state index in [1.54, 1.807) is 78.9 Å². The minimum Gasteiger partial charge on any atom is -0.423 e. The van der Waals surface area contributed by atoms with Gasteiger partial charge in [-0.3, -0.25) is 9.59 Å². The van der Waals surface area contributed by atoms with Crippen LogP contribution >= 0.6 is 11.6 Å². The van der Waals surface area contributed by atoms with Crippen LogP contribution in [0.3, 0.4) is 0 Å². The van der Waals surface area contributed by atoms with Crippen molar-refractivity contribution in [1.82, 2.24) is 5.43 Å². The second-order valence-corrected chi connectivity index (χ2v) is 6.36. The van der Waals surface area contributed by atoms with Gasteiger partial charge >= 0.3 is 17.8 Å². The van der Waals surface area contributed by atoms with E-state index in [1.165, 1.54) is 6.21 Å². The van der Waals surface area contributed by atoms with Gasteiger partial charge in [0.25, 0.3) is 0 Å². The Labute approximate surface area is 177 Å². The van der Waals surface area contributed by atoms with Crippen molar-refractivity contribution in [2.45, 2.75) is 0 Å². The van der Waals surface area contributed by atoms with Crippen LogP contribution in [0, 0.1) is 0 Å². The maximum absolute atomic E-state index is 12.1. The molecule has 0 aliphatic rings. The van der Waals surface area contributed by atoms with Gasteiger partial charge in [-0.15, -0.1) is 0 Å². The number of halogens is 1. The van der Waals surface area contributed by atoms with Gasteiger partial charge in [-0.1, -0.05) is 41.9 Å². The average Bonchev–Trinajstić information content (AvgIpc) is 2.76. The van der Waals surface area contributed by atoms with Crippen LogP contribution in [-0.2, 0) is 9.59 Å². The first-order chi connectivity index (χ1) is 14.5. The highest BCUT2D eigenvalue weighted by atomic mass is 35.5. The molecule has 0 fully saturated rings. The van der Waals surface area contributed by atoms with Gasteiger partial charge in [-0.05, 0) is 54.1 Å². The van der Waals surface area contributed by atoms with Crippen LogP contribution in [-0.4, -0.2) is 24.0 Å². The SMILES string of the molecule is O=C(N/N=C/c1ccc(OC(=O)c2ccccc2Cl)cc1)C(=O)Nc1ccccc1. The lowest BCUT2D eigenvalue weighted by atomic mass is 10.2. The van der Waals surface area contributed by atoms with E-state index in [0.29, 0.717) is 22.0 Å². The van der Waals surface area contributed by atoms with Crippen LogP contribution in [0.25, 0.3) is 0 Å². The normalized spacial score (nSPS) is 10.4. The second kappa shape index (κ2) is 9.99. The largest absolute Gasteiger partial charge is 0.423 e. The van der Waals surface area contributed by atoms with E-state index in [-0.39, 0.29) is 5.56 Å². The fourth-order valence-electron chi connectivity index (χ4n) is 2.34. The highest BCUT2D eigenvalue weighted by Gasteiger charge is 2.13. The number of hydrogen-bond acceptors (Lipinski definition) is 5. The molecule has 0 heterocycles. The van der Waals surface area contributed by atoms with E-state index in [9.17, 15) is 14.4 Å². The van der Waals surface area contributed by atoms with E-state index in [2.05, 4.69) is 15.8 Å². The minimum absolute atomic E-state index is 0.265. The number of benzene rings is 3. The van der Waals surface area contributed by atoms with Crippen molar-refractivity contribution in [3.8, 4) is 5.75 Å². The third-order valence-electron chi connectivity index (χ3n) is 3.80. The summed E-state index contributed by atoms with van der Waals surface area (Å²) in [6.07, 6.45) is 1.35. The number of carbonyl (C=O) groups is 3. The molecule has 8 heteroatoms. The molecule has 2 amide bonds. The minimum atomic E-state index is -0.902. The molecule has 0 spiro atoms. The van der Waals surface area contributed by atoms with Crippen molar-refractivity contribution in [2.24, 2.45) is 5.10 Å². The number of hydrogen-bond donors (Lipinski definition) is 2. The number of anilines is 1. The maximum atomic E-state index is 12.1. The van der Waals surface area contributed by atoms with Gasteiger partial charge in [-0.25, -0.2) is 10.2 Å². The number of carbonyl (C=O) groups excluding carboxylic acids is 3. The molecule has 0 unspecified atom stereocenters. The average molecular weight is 422 g/mol. The molecular formula is C22H16ClN3O4. The first-order valence-electron chi connectivity index (χ1n) is 8.79. The number of nitrogens with zero attached hydrogens (tertiary/aromatic N) is 1. The predicted molar refractivity (Wildman–Crippen MR) is 114 cm³/mol. The molecule has 0 aliphatic carbocycles. The Hall–Kier alpha value is -3.97. The van der Waals surface area contributed by atoms with E-state index < -0.39 is 17.8 Å². The van der Waals surface area contributed by atoms with Gasteiger partial charge in [0.2, 0.25) is 0 Å². The maximum Gasteiger partial charge on any atom is 0.345 e. The van der Waals surface area contributed by atoms with E-state index in [0.717, 1.165) is 0 Å². The first-order valence-corrected chi connectivity index (χ1v) is 9.17. The third kappa shape index (κ3) is 5.76. The van der Waals surface area contributed by atoms with Gasteiger partial charge < -0.3 is 10.1 Å². The highest BCUT2D eigenvalue weighted by Crippen LogP contribution is 2.18. The molecule has 0 bridgehead atoms.